The summed E-state index contributed by atoms with van der Waals surface area (Å²) in [4.78, 5) is 13.3. The van der Waals surface area contributed by atoms with Crippen LogP contribution in [0, 0.1) is 6.92 Å². The van der Waals surface area contributed by atoms with Crippen LogP contribution in [0.25, 0.3) is 0 Å². The van der Waals surface area contributed by atoms with E-state index < -0.39 is 0 Å². The third-order valence-electron chi connectivity index (χ3n) is 2.33. The summed E-state index contributed by atoms with van der Waals surface area (Å²) in [6.45, 7) is 1.85. The van der Waals surface area contributed by atoms with Gasteiger partial charge in [-0.3, -0.25) is 4.79 Å². The highest BCUT2D eigenvalue weighted by molar-refractivity contribution is 7.80. The maximum atomic E-state index is 12.0. The van der Waals surface area contributed by atoms with Crippen molar-refractivity contribution in [3.05, 3.63) is 44.1 Å². The Labute approximate surface area is 124 Å². The lowest BCUT2D eigenvalue weighted by Crippen LogP contribution is -2.11. The highest BCUT2D eigenvalue weighted by atomic mass is 35.5. The van der Waals surface area contributed by atoms with Crippen LogP contribution in [0.3, 0.4) is 0 Å². The second-order valence-electron chi connectivity index (χ2n) is 3.68. The molecule has 2 rings (SSSR count). The van der Waals surface area contributed by atoms with E-state index in [1.165, 1.54) is 11.3 Å². The fourth-order valence-corrected chi connectivity index (χ4v) is 2.90. The molecular formula is C12H9Cl2NOS2. The van der Waals surface area contributed by atoms with Crippen molar-refractivity contribution in [1.82, 2.24) is 0 Å². The summed E-state index contributed by atoms with van der Waals surface area (Å²) in [5.74, 6) is -0.241. The summed E-state index contributed by atoms with van der Waals surface area (Å²) in [6.07, 6.45) is 0. The lowest BCUT2D eigenvalue weighted by molar-refractivity contribution is 0.103. The van der Waals surface area contributed by atoms with Gasteiger partial charge in [-0.2, -0.15) is 0 Å². The van der Waals surface area contributed by atoms with Gasteiger partial charge in [-0.1, -0.05) is 29.3 Å². The second kappa shape index (κ2) is 5.53. The highest BCUT2D eigenvalue weighted by Gasteiger charge is 2.14. The van der Waals surface area contributed by atoms with Crippen molar-refractivity contribution in [1.29, 1.82) is 0 Å². The Hall–Kier alpha value is -0.680. The predicted octanol–water partition coefficient (Wildman–Crippen LogP) is 4.90. The van der Waals surface area contributed by atoms with E-state index in [-0.39, 0.29) is 5.91 Å². The SMILES string of the molecule is Cc1ccc(Cl)c(NC(=O)c2cc(S)cs2)c1Cl. The fraction of sp³-hybridized carbons (Fsp3) is 0.0833. The first-order valence-electron chi connectivity index (χ1n) is 5.02. The lowest BCUT2D eigenvalue weighted by Gasteiger charge is -2.10. The molecule has 0 bridgehead atoms. The van der Waals surface area contributed by atoms with Crippen molar-refractivity contribution in [2.24, 2.45) is 0 Å². The molecule has 0 aliphatic carbocycles. The molecule has 2 aromatic rings. The van der Waals surface area contributed by atoms with Crippen LogP contribution in [-0.2, 0) is 0 Å². The van der Waals surface area contributed by atoms with E-state index >= 15 is 0 Å². The Kier molecular flexibility index (Phi) is 4.22. The van der Waals surface area contributed by atoms with E-state index in [0.29, 0.717) is 20.6 Å². The van der Waals surface area contributed by atoms with Crippen LogP contribution in [0.5, 0.6) is 0 Å². The maximum absolute atomic E-state index is 12.0. The van der Waals surface area contributed by atoms with Crippen LogP contribution in [-0.4, -0.2) is 5.91 Å². The smallest absolute Gasteiger partial charge is 0.265 e. The quantitative estimate of drug-likeness (QED) is 0.757. The van der Waals surface area contributed by atoms with Crippen LogP contribution in [0.15, 0.2) is 28.5 Å². The van der Waals surface area contributed by atoms with Gasteiger partial charge in [0.2, 0.25) is 0 Å². The minimum atomic E-state index is -0.241. The van der Waals surface area contributed by atoms with Crippen LogP contribution >= 0.6 is 47.2 Å². The van der Waals surface area contributed by atoms with Crippen molar-refractivity contribution >= 4 is 58.8 Å². The summed E-state index contributed by atoms with van der Waals surface area (Å²) in [7, 11) is 0. The van der Waals surface area contributed by atoms with Crippen molar-refractivity contribution in [3.63, 3.8) is 0 Å². The molecule has 2 nitrogen and oxygen atoms in total. The molecule has 0 unspecified atom stereocenters. The summed E-state index contributed by atoms with van der Waals surface area (Å²) in [5.41, 5.74) is 1.30. The molecule has 18 heavy (non-hydrogen) atoms. The van der Waals surface area contributed by atoms with E-state index in [1.807, 2.05) is 6.92 Å². The fourth-order valence-electron chi connectivity index (χ4n) is 1.39. The number of rotatable bonds is 2. The average Bonchev–Trinajstić information content (AvgIpc) is 2.76. The Morgan fingerprint density at radius 3 is 2.72 bits per heavy atom. The molecule has 1 aromatic heterocycles. The average molecular weight is 318 g/mol. The van der Waals surface area contributed by atoms with Gasteiger partial charge in [-0.25, -0.2) is 0 Å². The number of thiophene rings is 1. The van der Waals surface area contributed by atoms with Gasteiger partial charge in [0, 0.05) is 10.3 Å². The maximum Gasteiger partial charge on any atom is 0.265 e. The number of nitrogens with one attached hydrogen (secondary N) is 1. The van der Waals surface area contributed by atoms with E-state index in [1.54, 1.807) is 23.6 Å². The van der Waals surface area contributed by atoms with Gasteiger partial charge >= 0.3 is 0 Å². The second-order valence-corrected chi connectivity index (χ2v) is 5.89. The normalized spacial score (nSPS) is 10.4. The molecule has 0 saturated carbocycles. The van der Waals surface area contributed by atoms with Crippen molar-refractivity contribution in [2.75, 3.05) is 5.32 Å². The minimum Gasteiger partial charge on any atom is -0.319 e. The molecule has 0 saturated heterocycles. The van der Waals surface area contributed by atoms with Gasteiger partial charge in [-0.05, 0) is 24.6 Å². The number of carbonyl (C=O) groups excluding carboxylic acids is 1. The summed E-state index contributed by atoms with van der Waals surface area (Å²) < 4.78 is 0. The van der Waals surface area contributed by atoms with Crippen molar-refractivity contribution in [2.45, 2.75) is 11.8 Å². The Bertz CT molecular complexity index is 610. The molecule has 1 aromatic carbocycles. The van der Waals surface area contributed by atoms with Crippen LogP contribution < -0.4 is 5.32 Å². The molecule has 0 spiro atoms. The van der Waals surface area contributed by atoms with E-state index in [0.717, 1.165) is 10.5 Å². The lowest BCUT2D eigenvalue weighted by atomic mass is 10.2. The molecule has 1 heterocycles. The molecule has 0 aliphatic heterocycles. The minimum absolute atomic E-state index is 0.241. The number of amides is 1. The predicted molar refractivity (Wildman–Crippen MR) is 80.7 cm³/mol. The van der Waals surface area contributed by atoms with Gasteiger partial charge < -0.3 is 5.32 Å². The van der Waals surface area contributed by atoms with Gasteiger partial charge in [0.25, 0.3) is 5.91 Å². The number of carbonyl (C=O) groups is 1. The van der Waals surface area contributed by atoms with Crippen LogP contribution in [0.2, 0.25) is 10.0 Å². The largest absolute Gasteiger partial charge is 0.319 e. The zero-order chi connectivity index (χ0) is 13.3. The zero-order valence-electron chi connectivity index (χ0n) is 9.33. The van der Waals surface area contributed by atoms with Crippen LogP contribution in [0.4, 0.5) is 5.69 Å². The number of anilines is 1. The molecule has 1 amide bonds. The summed E-state index contributed by atoms with van der Waals surface area (Å²) in [5, 5.41) is 5.39. The topological polar surface area (TPSA) is 29.1 Å². The summed E-state index contributed by atoms with van der Waals surface area (Å²) in [6, 6.07) is 5.20. The zero-order valence-corrected chi connectivity index (χ0v) is 12.6. The molecule has 1 N–H and O–H groups in total. The van der Waals surface area contributed by atoms with Gasteiger partial charge in [0.1, 0.15) is 0 Å². The number of hydrogen-bond donors (Lipinski definition) is 2. The molecular weight excluding hydrogens is 309 g/mol. The summed E-state index contributed by atoms with van der Waals surface area (Å²) >= 11 is 17.6. The van der Waals surface area contributed by atoms with E-state index in [2.05, 4.69) is 17.9 Å². The number of halogens is 2. The third kappa shape index (κ3) is 2.83. The first kappa shape index (κ1) is 13.7. The Morgan fingerprint density at radius 2 is 2.11 bits per heavy atom. The Balaban J connectivity index is 2.30. The van der Waals surface area contributed by atoms with E-state index in [9.17, 15) is 4.79 Å². The standard InChI is InChI=1S/C12H9Cl2NOS2/c1-6-2-3-8(13)11(10(6)14)15-12(16)9-4-7(17)5-18-9/h2-5,17H,1H3,(H,15,16). The number of benzene rings is 1. The van der Waals surface area contributed by atoms with Gasteiger partial charge in [0.15, 0.2) is 0 Å². The number of hydrogen-bond acceptors (Lipinski definition) is 3. The molecule has 94 valence electrons. The number of aryl methyl sites for hydroxylation is 1. The van der Waals surface area contributed by atoms with Gasteiger partial charge in [-0.15, -0.1) is 24.0 Å². The van der Waals surface area contributed by atoms with E-state index in [4.69, 9.17) is 23.2 Å². The highest BCUT2D eigenvalue weighted by Crippen LogP contribution is 2.33. The monoisotopic (exact) mass is 317 g/mol. The molecule has 0 atom stereocenters. The van der Waals surface area contributed by atoms with Crippen molar-refractivity contribution in [3.8, 4) is 0 Å². The van der Waals surface area contributed by atoms with Gasteiger partial charge in [0.05, 0.1) is 20.6 Å². The molecule has 0 fully saturated rings. The van der Waals surface area contributed by atoms with Crippen molar-refractivity contribution < 1.29 is 4.79 Å². The molecule has 6 heteroatoms. The third-order valence-corrected chi connectivity index (χ3v) is 4.50. The molecule has 0 radical (unpaired) electrons. The first-order valence-corrected chi connectivity index (χ1v) is 7.11. The number of thiol groups is 1. The first-order chi connectivity index (χ1) is 8.49. The Morgan fingerprint density at radius 1 is 1.39 bits per heavy atom. The molecule has 0 aliphatic rings. The van der Waals surface area contributed by atoms with Crippen LogP contribution in [0.1, 0.15) is 15.2 Å².